The molecule has 1 aliphatic rings. The lowest BCUT2D eigenvalue weighted by Gasteiger charge is -2.32. The number of methoxy groups -OCH3 is 1. The zero-order chi connectivity index (χ0) is 16.1. The van der Waals surface area contributed by atoms with Crippen molar-refractivity contribution in [2.45, 2.75) is 12.8 Å². The summed E-state index contributed by atoms with van der Waals surface area (Å²) in [6, 6.07) is 2.92. The van der Waals surface area contributed by atoms with Gasteiger partial charge in [-0.3, -0.25) is 10.1 Å². The molecule has 1 fully saturated rings. The summed E-state index contributed by atoms with van der Waals surface area (Å²) >= 11 is 0. The molecule has 1 aliphatic heterocycles. The van der Waals surface area contributed by atoms with Crippen LogP contribution in [0.5, 0.6) is 11.5 Å². The largest absolute Gasteiger partial charge is 0.502 e. The average molecular weight is 309 g/mol. The van der Waals surface area contributed by atoms with Gasteiger partial charge in [0.25, 0.3) is 0 Å². The highest BCUT2D eigenvalue weighted by atomic mass is 16.6. The van der Waals surface area contributed by atoms with Crippen LogP contribution in [0.15, 0.2) is 12.1 Å². The van der Waals surface area contributed by atoms with Gasteiger partial charge >= 0.3 is 5.69 Å². The van der Waals surface area contributed by atoms with Crippen LogP contribution in [0.25, 0.3) is 0 Å². The van der Waals surface area contributed by atoms with E-state index in [1.54, 1.807) is 6.07 Å². The van der Waals surface area contributed by atoms with Crippen molar-refractivity contribution < 1.29 is 14.8 Å². The topological polar surface area (TPSA) is 79.1 Å². The van der Waals surface area contributed by atoms with Crippen molar-refractivity contribution in [3.05, 3.63) is 27.8 Å². The van der Waals surface area contributed by atoms with Crippen LogP contribution < -0.4 is 4.74 Å². The molecular weight excluding hydrogens is 286 g/mol. The first-order chi connectivity index (χ1) is 10.5. The lowest BCUT2D eigenvalue weighted by Crippen LogP contribution is -2.44. The standard InChI is InChI=1S/C15H23N3O4/c1-16-6-8-17(9-7-16)5-3-4-12-10-13(22-2)11-14(15(12)19)18(20)21/h10-11,19H,3-9H2,1-2H3. The Hall–Kier alpha value is -1.86. The van der Waals surface area contributed by atoms with Crippen LogP contribution in [0.1, 0.15) is 12.0 Å². The molecule has 2 rings (SSSR count). The maximum Gasteiger partial charge on any atom is 0.314 e. The van der Waals surface area contributed by atoms with Crippen molar-refractivity contribution >= 4 is 5.69 Å². The molecule has 1 aromatic carbocycles. The third-order valence-corrected chi connectivity index (χ3v) is 4.09. The number of phenolic OH excluding ortho intramolecular Hbond substituents is 1. The first kappa shape index (κ1) is 16.5. The van der Waals surface area contributed by atoms with Gasteiger partial charge in [-0.1, -0.05) is 0 Å². The molecule has 0 unspecified atom stereocenters. The molecule has 0 saturated carbocycles. The molecule has 0 amide bonds. The molecule has 22 heavy (non-hydrogen) atoms. The van der Waals surface area contributed by atoms with Gasteiger partial charge < -0.3 is 19.6 Å². The van der Waals surface area contributed by atoms with Gasteiger partial charge in [-0.25, -0.2) is 0 Å². The van der Waals surface area contributed by atoms with E-state index >= 15 is 0 Å². The molecule has 7 nitrogen and oxygen atoms in total. The highest BCUT2D eigenvalue weighted by molar-refractivity contribution is 5.55. The number of nitrogens with zero attached hydrogens (tertiary/aromatic N) is 3. The first-order valence-corrected chi connectivity index (χ1v) is 7.46. The normalized spacial score (nSPS) is 16.6. The van der Waals surface area contributed by atoms with Crippen LogP contribution in [0, 0.1) is 10.1 Å². The summed E-state index contributed by atoms with van der Waals surface area (Å²) in [7, 11) is 3.58. The number of phenols is 1. The molecule has 0 radical (unpaired) electrons. The SMILES string of the molecule is COc1cc(CCCN2CCN(C)CC2)c(O)c([N+](=O)[O-])c1. The van der Waals surface area contributed by atoms with Gasteiger partial charge in [0, 0.05) is 31.7 Å². The highest BCUT2D eigenvalue weighted by Crippen LogP contribution is 2.35. The van der Waals surface area contributed by atoms with Crippen LogP contribution in [-0.4, -0.2) is 66.7 Å². The minimum Gasteiger partial charge on any atom is -0.502 e. The minimum atomic E-state index is -0.582. The number of piperazine rings is 1. The van der Waals surface area contributed by atoms with Crippen LogP contribution in [0.4, 0.5) is 5.69 Å². The number of likely N-dealkylation sites (N-methyl/N-ethyl adjacent to an activating group) is 1. The van der Waals surface area contributed by atoms with Gasteiger partial charge in [-0.2, -0.15) is 0 Å². The first-order valence-electron chi connectivity index (χ1n) is 7.46. The summed E-state index contributed by atoms with van der Waals surface area (Å²) in [5, 5.41) is 21.0. The van der Waals surface area contributed by atoms with E-state index in [9.17, 15) is 15.2 Å². The molecule has 0 atom stereocenters. The monoisotopic (exact) mass is 309 g/mol. The molecule has 1 aromatic rings. The summed E-state index contributed by atoms with van der Waals surface area (Å²) < 4.78 is 5.08. The van der Waals surface area contributed by atoms with E-state index < -0.39 is 4.92 Å². The second-order valence-electron chi connectivity index (χ2n) is 5.66. The van der Waals surface area contributed by atoms with Gasteiger partial charge in [-0.05, 0) is 32.5 Å². The predicted molar refractivity (Wildman–Crippen MR) is 83.6 cm³/mol. The van der Waals surface area contributed by atoms with E-state index in [1.807, 2.05) is 0 Å². The van der Waals surface area contributed by atoms with Gasteiger partial charge in [0.15, 0.2) is 5.75 Å². The van der Waals surface area contributed by atoms with Gasteiger partial charge in [0.05, 0.1) is 18.1 Å². The minimum absolute atomic E-state index is 0.246. The fraction of sp³-hybridized carbons (Fsp3) is 0.600. The Morgan fingerprint density at radius 3 is 2.59 bits per heavy atom. The van der Waals surface area contributed by atoms with Crippen molar-refractivity contribution in [3.8, 4) is 11.5 Å². The Morgan fingerprint density at radius 1 is 1.32 bits per heavy atom. The molecule has 7 heteroatoms. The van der Waals surface area contributed by atoms with Crippen molar-refractivity contribution in [2.24, 2.45) is 0 Å². The second kappa shape index (κ2) is 7.42. The highest BCUT2D eigenvalue weighted by Gasteiger charge is 2.20. The molecular formula is C15H23N3O4. The number of benzene rings is 1. The number of nitro benzene ring substituents is 1. The van der Waals surface area contributed by atoms with E-state index in [0.717, 1.165) is 39.1 Å². The van der Waals surface area contributed by atoms with Gasteiger partial charge in [-0.15, -0.1) is 0 Å². The third kappa shape index (κ3) is 4.08. The van der Waals surface area contributed by atoms with Gasteiger partial charge in [0.2, 0.25) is 0 Å². The molecule has 122 valence electrons. The fourth-order valence-electron chi connectivity index (χ4n) is 2.66. The van der Waals surface area contributed by atoms with E-state index in [0.29, 0.717) is 17.7 Å². The molecule has 1 N–H and O–H groups in total. The number of hydrogen-bond acceptors (Lipinski definition) is 6. The number of nitro groups is 1. The Morgan fingerprint density at radius 2 is 2.00 bits per heavy atom. The smallest absolute Gasteiger partial charge is 0.314 e. The van der Waals surface area contributed by atoms with Crippen molar-refractivity contribution in [1.82, 2.24) is 9.80 Å². The Labute approximate surface area is 130 Å². The average Bonchev–Trinajstić information content (AvgIpc) is 2.50. The maximum absolute atomic E-state index is 11.0. The lowest BCUT2D eigenvalue weighted by atomic mass is 10.1. The van der Waals surface area contributed by atoms with Crippen LogP contribution in [0.2, 0.25) is 0 Å². The van der Waals surface area contributed by atoms with Crippen molar-refractivity contribution in [1.29, 1.82) is 0 Å². The van der Waals surface area contributed by atoms with Crippen LogP contribution in [-0.2, 0) is 6.42 Å². The predicted octanol–water partition coefficient (Wildman–Crippen LogP) is 1.49. The Bertz CT molecular complexity index is 528. The quantitative estimate of drug-likeness (QED) is 0.633. The number of rotatable bonds is 6. The molecule has 0 aromatic heterocycles. The summed E-state index contributed by atoms with van der Waals surface area (Å²) in [4.78, 5) is 15.1. The molecule has 0 bridgehead atoms. The van der Waals surface area contributed by atoms with Crippen LogP contribution in [0.3, 0.4) is 0 Å². The number of aryl methyl sites for hydroxylation is 1. The summed E-state index contributed by atoms with van der Waals surface area (Å²) in [5.74, 6) is 0.156. The Kier molecular flexibility index (Phi) is 5.57. The molecule has 1 heterocycles. The molecule has 0 aliphatic carbocycles. The molecule has 1 saturated heterocycles. The number of aromatic hydroxyl groups is 1. The van der Waals surface area contributed by atoms with Crippen LogP contribution >= 0.6 is 0 Å². The van der Waals surface area contributed by atoms with E-state index in [-0.39, 0.29) is 11.4 Å². The Balaban J connectivity index is 1.97. The van der Waals surface area contributed by atoms with E-state index in [1.165, 1.54) is 13.2 Å². The van der Waals surface area contributed by atoms with Gasteiger partial charge in [0.1, 0.15) is 5.75 Å². The maximum atomic E-state index is 11.0. The third-order valence-electron chi connectivity index (χ3n) is 4.09. The summed E-state index contributed by atoms with van der Waals surface area (Å²) in [6.07, 6.45) is 1.44. The lowest BCUT2D eigenvalue weighted by molar-refractivity contribution is -0.386. The number of ether oxygens (including phenoxy) is 1. The second-order valence-corrected chi connectivity index (χ2v) is 5.66. The summed E-state index contributed by atoms with van der Waals surface area (Å²) in [5.41, 5.74) is 0.272. The zero-order valence-electron chi connectivity index (χ0n) is 13.1. The molecule has 0 spiro atoms. The number of hydrogen-bond donors (Lipinski definition) is 1. The van der Waals surface area contributed by atoms with Crippen molar-refractivity contribution in [3.63, 3.8) is 0 Å². The summed E-state index contributed by atoms with van der Waals surface area (Å²) in [6.45, 7) is 5.14. The van der Waals surface area contributed by atoms with Crippen molar-refractivity contribution in [2.75, 3.05) is 46.9 Å². The zero-order valence-corrected chi connectivity index (χ0v) is 13.1. The fourth-order valence-corrected chi connectivity index (χ4v) is 2.66. The van der Waals surface area contributed by atoms with E-state index in [4.69, 9.17) is 4.74 Å². The van der Waals surface area contributed by atoms with E-state index in [2.05, 4.69) is 16.8 Å².